The molecular weight excluding hydrogens is 355 g/mol. The first kappa shape index (κ1) is 20.6. The van der Waals surface area contributed by atoms with Crippen LogP contribution in [0.4, 0.5) is 10.1 Å². The maximum absolute atomic E-state index is 14.0. The van der Waals surface area contributed by atoms with E-state index >= 15 is 0 Å². The molecule has 0 bridgehead atoms. The normalized spacial score (nSPS) is 16.8. The zero-order chi connectivity index (χ0) is 20.1. The maximum atomic E-state index is 14.0. The van der Waals surface area contributed by atoms with E-state index in [1.807, 2.05) is 30.3 Å². The third-order valence-corrected chi connectivity index (χ3v) is 5.31. The number of ether oxygens (including phenoxy) is 1. The number of para-hydroxylation sites is 2. The van der Waals surface area contributed by atoms with Crippen molar-refractivity contribution in [2.45, 2.75) is 32.3 Å². The lowest BCUT2D eigenvalue weighted by Crippen LogP contribution is -3.16. The Balaban J connectivity index is 1.48. The van der Waals surface area contributed by atoms with Crippen molar-refractivity contribution >= 4 is 5.69 Å². The van der Waals surface area contributed by atoms with Crippen molar-refractivity contribution in [1.29, 1.82) is 0 Å². The molecule has 5 heteroatoms. The van der Waals surface area contributed by atoms with Crippen LogP contribution in [-0.2, 0) is 5.41 Å². The quantitative estimate of drug-likeness (QED) is 0.799. The number of rotatable bonds is 6. The van der Waals surface area contributed by atoms with Crippen LogP contribution < -0.4 is 14.5 Å². The van der Waals surface area contributed by atoms with Gasteiger partial charge in [-0.3, -0.25) is 0 Å². The molecule has 1 heterocycles. The predicted octanol–water partition coefficient (Wildman–Crippen LogP) is 2.27. The van der Waals surface area contributed by atoms with Crippen LogP contribution in [0, 0.1) is 5.82 Å². The molecule has 1 saturated heterocycles. The molecule has 1 aliphatic rings. The number of hydrogen-bond acceptors (Lipinski definition) is 3. The summed E-state index contributed by atoms with van der Waals surface area (Å²) in [5, 5.41) is 10.5. The van der Waals surface area contributed by atoms with Gasteiger partial charge in [-0.25, -0.2) is 4.39 Å². The number of nitrogens with one attached hydrogen (secondary N) is 1. The first-order valence-corrected chi connectivity index (χ1v) is 10.1. The second kappa shape index (κ2) is 8.93. The highest BCUT2D eigenvalue weighted by atomic mass is 19.1. The summed E-state index contributed by atoms with van der Waals surface area (Å²) in [6.07, 6.45) is -0.525. The number of aliphatic hydroxyl groups is 1. The highest BCUT2D eigenvalue weighted by Gasteiger charge is 2.25. The topological polar surface area (TPSA) is 37.1 Å². The molecule has 0 radical (unpaired) electrons. The Morgan fingerprint density at radius 2 is 1.71 bits per heavy atom. The SMILES string of the molecule is CC(C)(C)c1ccccc1OCC(O)C[NH+]1CCN(c2ccccc2F)CC1. The van der Waals surface area contributed by atoms with Gasteiger partial charge < -0.3 is 19.6 Å². The van der Waals surface area contributed by atoms with E-state index in [-0.39, 0.29) is 17.8 Å². The maximum Gasteiger partial charge on any atom is 0.146 e. The third-order valence-electron chi connectivity index (χ3n) is 5.31. The Morgan fingerprint density at radius 3 is 2.39 bits per heavy atom. The minimum atomic E-state index is -0.525. The summed E-state index contributed by atoms with van der Waals surface area (Å²) in [4.78, 5) is 3.41. The summed E-state index contributed by atoms with van der Waals surface area (Å²) in [6.45, 7) is 10.7. The molecule has 3 rings (SSSR count). The molecule has 4 nitrogen and oxygen atoms in total. The Morgan fingerprint density at radius 1 is 1.07 bits per heavy atom. The zero-order valence-corrected chi connectivity index (χ0v) is 17.1. The Bertz CT molecular complexity index is 767. The number of anilines is 1. The molecule has 152 valence electrons. The van der Waals surface area contributed by atoms with Gasteiger partial charge in [0.1, 0.15) is 30.8 Å². The van der Waals surface area contributed by atoms with Crippen LogP contribution in [0.25, 0.3) is 0 Å². The molecule has 1 aliphatic heterocycles. The van der Waals surface area contributed by atoms with Gasteiger partial charge in [-0.1, -0.05) is 51.1 Å². The van der Waals surface area contributed by atoms with Gasteiger partial charge >= 0.3 is 0 Å². The number of benzene rings is 2. The van der Waals surface area contributed by atoms with Crippen LogP contribution in [-0.4, -0.2) is 50.5 Å². The van der Waals surface area contributed by atoms with E-state index in [0.29, 0.717) is 12.2 Å². The lowest BCUT2D eigenvalue weighted by atomic mass is 9.86. The first-order valence-electron chi connectivity index (χ1n) is 10.1. The minimum absolute atomic E-state index is 0.00413. The van der Waals surface area contributed by atoms with Gasteiger partial charge in [-0.15, -0.1) is 0 Å². The zero-order valence-electron chi connectivity index (χ0n) is 17.1. The molecule has 0 saturated carbocycles. The Hall–Kier alpha value is -2.11. The van der Waals surface area contributed by atoms with Gasteiger partial charge in [0.2, 0.25) is 0 Å². The molecule has 1 unspecified atom stereocenters. The van der Waals surface area contributed by atoms with Gasteiger partial charge in [0.25, 0.3) is 0 Å². The molecule has 1 atom stereocenters. The molecule has 0 aliphatic carbocycles. The summed E-state index contributed by atoms with van der Waals surface area (Å²) in [5.41, 5.74) is 1.81. The lowest BCUT2D eigenvalue weighted by molar-refractivity contribution is -0.903. The molecule has 0 aromatic heterocycles. The van der Waals surface area contributed by atoms with E-state index in [4.69, 9.17) is 4.74 Å². The molecule has 2 aromatic rings. The van der Waals surface area contributed by atoms with Gasteiger partial charge in [0.05, 0.1) is 31.9 Å². The summed E-state index contributed by atoms with van der Waals surface area (Å²) in [6, 6.07) is 14.9. The lowest BCUT2D eigenvalue weighted by Gasteiger charge is -2.34. The van der Waals surface area contributed by atoms with Gasteiger partial charge in [0, 0.05) is 0 Å². The molecule has 0 amide bonds. The fourth-order valence-electron chi connectivity index (χ4n) is 3.77. The van der Waals surface area contributed by atoms with Crippen LogP contribution in [0.15, 0.2) is 48.5 Å². The number of piperazine rings is 1. The van der Waals surface area contributed by atoms with Gasteiger partial charge in [-0.05, 0) is 29.2 Å². The van der Waals surface area contributed by atoms with E-state index in [2.05, 4.69) is 31.7 Å². The molecular formula is C23H32FN2O2+. The number of aliphatic hydroxyl groups excluding tert-OH is 1. The van der Waals surface area contributed by atoms with Crippen LogP contribution in [0.1, 0.15) is 26.3 Å². The monoisotopic (exact) mass is 387 g/mol. The number of hydrogen-bond donors (Lipinski definition) is 2. The van der Waals surface area contributed by atoms with Gasteiger partial charge in [-0.2, -0.15) is 0 Å². The third kappa shape index (κ3) is 5.24. The van der Waals surface area contributed by atoms with E-state index < -0.39 is 6.10 Å². The molecule has 0 spiro atoms. The molecule has 28 heavy (non-hydrogen) atoms. The van der Waals surface area contributed by atoms with Crippen LogP contribution >= 0.6 is 0 Å². The van der Waals surface area contributed by atoms with Crippen molar-refractivity contribution in [3.05, 3.63) is 59.9 Å². The summed E-state index contributed by atoms with van der Waals surface area (Å²) < 4.78 is 19.9. The first-order chi connectivity index (χ1) is 13.3. The standard InChI is InChI=1S/C23H31FN2O2/c1-23(2,3)19-8-4-7-11-22(19)28-17-18(27)16-25-12-14-26(15-13-25)21-10-6-5-9-20(21)24/h4-11,18,27H,12-17H2,1-3H3/p+1. The van der Waals surface area contributed by atoms with Crippen molar-refractivity contribution in [1.82, 2.24) is 0 Å². The van der Waals surface area contributed by atoms with Crippen molar-refractivity contribution in [2.24, 2.45) is 0 Å². The second-order valence-corrected chi connectivity index (χ2v) is 8.60. The second-order valence-electron chi connectivity index (χ2n) is 8.60. The summed E-state index contributed by atoms with van der Waals surface area (Å²) in [7, 11) is 0. The van der Waals surface area contributed by atoms with Gasteiger partial charge in [0.15, 0.2) is 0 Å². The fraction of sp³-hybridized carbons (Fsp3) is 0.478. The summed E-state index contributed by atoms with van der Waals surface area (Å²) in [5.74, 6) is 0.672. The Labute approximate surface area is 167 Å². The molecule has 2 aromatic carbocycles. The highest BCUT2D eigenvalue weighted by molar-refractivity contribution is 5.47. The van der Waals surface area contributed by atoms with Crippen LogP contribution in [0.2, 0.25) is 0 Å². The van der Waals surface area contributed by atoms with E-state index in [1.165, 1.54) is 11.0 Å². The molecule has 1 fully saturated rings. The van der Waals surface area contributed by atoms with Crippen molar-refractivity contribution < 1.29 is 19.1 Å². The van der Waals surface area contributed by atoms with E-state index in [9.17, 15) is 9.50 Å². The summed E-state index contributed by atoms with van der Waals surface area (Å²) >= 11 is 0. The Kier molecular flexibility index (Phi) is 6.57. The average molecular weight is 388 g/mol. The predicted molar refractivity (Wildman–Crippen MR) is 111 cm³/mol. The number of quaternary nitrogens is 1. The van der Waals surface area contributed by atoms with Crippen LogP contribution in [0.5, 0.6) is 5.75 Å². The van der Waals surface area contributed by atoms with E-state index in [0.717, 1.165) is 37.5 Å². The largest absolute Gasteiger partial charge is 0.490 e. The average Bonchev–Trinajstić information content (AvgIpc) is 2.67. The highest BCUT2D eigenvalue weighted by Crippen LogP contribution is 2.30. The fourth-order valence-corrected chi connectivity index (χ4v) is 3.77. The van der Waals surface area contributed by atoms with Crippen molar-refractivity contribution in [3.63, 3.8) is 0 Å². The number of nitrogens with zero attached hydrogens (tertiary/aromatic N) is 1. The van der Waals surface area contributed by atoms with Crippen LogP contribution in [0.3, 0.4) is 0 Å². The number of halogens is 1. The molecule has 2 N–H and O–H groups in total. The van der Waals surface area contributed by atoms with E-state index in [1.54, 1.807) is 6.07 Å². The smallest absolute Gasteiger partial charge is 0.146 e. The van der Waals surface area contributed by atoms with Crippen molar-refractivity contribution in [2.75, 3.05) is 44.2 Å². The minimum Gasteiger partial charge on any atom is -0.490 e. The van der Waals surface area contributed by atoms with Crippen molar-refractivity contribution in [3.8, 4) is 5.75 Å².